The van der Waals surface area contributed by atoms with Crippen molar-refractivity contribution in [2.45, 2.75) is 34.2 Å². The van der Waals surface area contributed by atoms with Gasteiger partial charge < -0.3 is 13.8 Å². The first-order valence-electron chi connectivity index (χ1n) is 10.4. The lowest BCUT2D eigenvalue weighted by atomic mass is 10.1. The van der Waals surface area contributed by atoms with Gasteiger partial charge in [0.1, 0.15) is 23.6 Å². The van der Waals surface area contributed by atoms with Gasteiger partial charge in [-0.15, -0.1) is 0 Å². The average Bonchev–Trinajstić information content (AvgIpc) is 3.29. The molecule has 0 aliphatic rings. The van der Waals surface area contributed by atoms with Gasteiger partial charge in [0.15, 0.2) is 4.80 Å². The largest absolute Gasteiger partial charge is 0.465 e. The van der Waals surface area contributed by atoms with Gasteiger partial charge in [-0.1, -0.05) is 46.3 Å². The summed E-state index contributed by atoms with van der Waals surface area (Å²) in [5, 5.41) is 4.50. The topological polar surface area (TPSA) is 86.7 Å². The van der Waals surface area contributed by atoms with Crippen molar-refractivity contribution in [3.63, 3.8) is 0 Å². The lowest BCUT2D eigenvalue weighted by Gasteiger charge is -2.06. The molecule has 0 N–H and O–H groups in total. The van der Waals surface area contributed by atoms with Crippen LogP contribution in [0.2, 0.25) is 5.02 Å². The van der Waals surface area contributed by atoms with Gasteiger partial charge >= 0.3 is 5.97 Å². The fourth-order valence-corrected chi connectivity index (χ4v) is 4.83. The quantitative estimate of drug-likeness (QED) is 0.362. The Kier molecular flexibility index (Phi) is 6.49. The molecular formula is C24H22ClN3O4S. The number of aryl methyl sites for hydroxylation is 3. The molecule has 0 spiro atoms. The zero-order chi connectivity index (χ0) is 23.7. The van der Waals surface area contributed by atoms with E-state index in [4.69, 9.17) is 20.9 Å². The molecule has 2 heterocycles. The number of aromatic nitrogens is 2. The van der Waals surface area contributed by atoms with E-state index in [1.54, 1.807) is 42.7 Å². The van der Waals surface area contributed by atoms with Crippen LogP contribution in [0.1, 0.15) is 34.2 Å². The van der Waals surface area contributed by atoms with Gasteiger partial charge in [0.25, 0.3) is 5.91 Å². The number of rotatable bonds is 5. The third-order valence-corrected chi connectivity index (χ3v) is 6.66. The van der Waals surface area contributed by atoms with Gasteiger partial charge in [-0.25, -0.2) is 0 Å². The number of ether oxygens (including phenoxy) is 1. The molecule has 0 aliphatic carbocycles. The summed E-state index contributed by atoms with van der Waals surface area (Å²) in [5.74, 6) is -0.591. The predicted molar refractivity (Wildman–Crippen MR) is 128 cm³/mol. The van der Waals surface area contributed by atoms with Gasteiger partial charge in [0.2, 0.25) is 0 Å². The van der Waals surface area contributed by atoms with Crippen molar-refractivity contribution in [3.8, 4) is 11.3 Å². The molecule has 0 bridgehead atoms. The van der Waals surface area contributed by atoms with E-state index in [9.17, 15) is 9.59 Å². The van der Waals surface area contributed by atoms with Gasteiger partial charge in [-0.05, 0) is 57.0 Å². The maximum Gasteiger partial charge on any atom is 0.326 e. The number of carbonyl (C=O) groups excluding carboxylic acids is 2. The lowest BCUT2D eigenvalue weighted by molar-refractivity contribution is -0.143. The molecule has 4 rings (SSSR count). The maximum absolute atomic E-state index is 13.3. The standard InChI is InChI=1S/C24H22ClN3O4S/c1-5-31-20(29)12-28-18-10-13(2)14(3)11-19(18)33-24(28)26-23(30)21-15(4)32-27-22(21)16-8-6-7-9-17(16)25/h6-11H,5,12H2,1-4H3. The Bertz CT molecular complexity index is 1450. The van der Waals surface area contributed by atoms with Gasteiger partial charge in [0, 0.05) is 5.56 Å². The number of halogens is 1. The average molecular weight is 484 g/mol. The molecular weight excluding hydrogens is 462 g/mol. The summed E-state index contributed by atoms with van der Waals surface area (Å²) in [4.78, 5) is 30.4. The van der Waals surface area contributed by atoms with E-state index in [2.05, 4.69) is 10.1 Å². The van der Waals surface area contributed by atoms with Crippen LogP contribution >= 0.6 is 22.9 Å². The number of amides is 1. The van der Waals surface area contributed by atoms with Crippen LogP contribution < -0.4 is 4.80 Å². The van der Waals surface area contributed by atoms with Crippen molar-refractivity contribution in [2.75, 3.05) is 6.61 Å². The molecule has 2 aromatic carbocycles. The van der Waals surface area contributed by atoms with E-state index < -0.39 is 11.9 Å². The van der Waals surface area contributed by atoms with Gasteiger partial charge in [-0.3, -0.25) is 9.59 Å². The van der Waals surface area contributed by atoms with Crippen molar-refractivity contribution in [1.82, 2.24) is 9.72 Å². The highest BCUT2D eigenvalue weighted by Gasteiger charge is 2.23. The van der Waals surface area contributed by atoms with Crippen LogP contribution in [-0.4, -0.2) is 28.2 Å². The zero-order valence-electron chi connectivity index (χ0n) is 18.6. The third kappa shape index (κ3) is 4.49. The number of hydrogen-bond donors (Lipinski definition) is 0. The Hall–Kier alpha value is -3.23. The summed E-state index contributed by atoms with van der Waals surface area (Å²) < 4.78 is 13.1. The number of nitrogens with zero attached hydrogens (tertiary/aromatic N) is 3. The van der Waals surface area contributed by atoms with E-state index in [0.717, 1.165) is 21.3 Å². The van der Waals surface area contributed by atoms with Crippen molar-refractivity contribution in [1.29, 1.82) is 0 Å². The normalized spacial score (nSPS) is 11.8. The number of fused-ring (bicyclic) bond motifs is 1. The molecule has 2 aromatic heterocycles. The van der Waals surface area contributed by atoms with Crippen LogP contribution in [0.4, 0.5) is 0 Å². The monoisotopic (exact) mass is 483 g/mol. The molecule has 0 fully saturated rings. The molecule has 1 amide bonds. The van der Waals surface area contributed by atoms with E-state index >= 15 is 0 Å². The summed E-state index contributed by atoms with van der Waals surface area (Å²) in [6, 6.07) is 11.1. The number of benzene rings is 2. The van der Waals surface area contributed by atoms with E-state index in [1.807, 2.05) is 26.0 Å². The first-order chi connectivity index (χ1) is 15.8. The Labute approximate surface area is 199 Å². The number of hydrogen-bond acceptors (Lipinski definition) is 6. The Morgan fingerprint density at radius 3 is 2.64 bits per heavy atom. The molecule has 9 heteroatoms. The summed E-state index contributed by atoms with van der Waals surface area (Å²) in [6.07, 6.45) is 0. The highest BCUT2D eigenvalue weighted by Crippen LogP contribution is 2.31. The second-order valence-corrected chi connectivity index (χ2v) is 8.96. The van der Waals surface area contributed by atoms with Crippen LogP contribution in [0.15, 0.2) is 45.9 Å². The highest BCUT2D eigenvalue weighted by atomic mass is 35.5. The summed E-state index contributed by atoms with van der Waals surface area (Å²) >= 11 is 7.66. The molecule has 7 nitrogen and oxygen atoms in total. The second kappa shape index (κ2) is 9.33. The number of carbonyl (C=O) groups is 2. The fourth-order valence-electron chi connectivity index (χ4n) is 3.50. The third-order valence-electron chi connectivity index (χ3n) is 5.29. The van der Waals surface area contributed by atoms with Crippen LogP contribution in [0.25, 0.3) is 21.5 Å². The van der Waals surface area contributed by atoms with Crippen molar-refractivity contribution >= 4 is 45.0 Å². The lowest BCUT2D eigenvalue weighted by Crippen LogP contribution is -2.23. The molecule has 0 unspecified atom stereocenters. The van der Waals surface area contributed by atoms with E-state index in [-0.39, 0.29) is 18.7 Å². The molecule has 0 saturated carbocycles. The van der Waals surface area contributed by atoms with Crippen LogP contribution in [0.5, 0.6) is 0 Å². The SMILES string of the molecule is CCOC(=O)Cn1c(=NC(=O)c2c(-c3ccccc3Cl)noc2C)sc2cc(C)c(C)cc21. The molecule has 0 atom stereocenters. The first kappa shape index (κ1) is 22.9. The summed E-state index contributed by atoms with van der Waals surface area (Å²) in [7, 11) is 0. The smallest absolute Gasteiger partial charge is 0.326 e. The minimum absolute atomic E-state index is 0.0531. The summed E-state index contributed by atoms with van der Waals surface area (Å²) in [6.45, 7) is 7.64. The van der Waals surface area contributed by atoms with Crippen LogP contribution in [0.3, 0.4) is 0 Å². The number of thiazole rings is 1. The molecule has 170 valence electrons. The molecule has 33 heavy (non-hydrogen) atoms. The molecule has 0 aliphatic heterocycles. The van der Waals surface area contributed by atoms with Crippen molar-refractivity contribution < 1.29 is 18.8 Å². The Balaban J connectivity index is 1.88. The first-order valence-corrected chi connectivity index (χ1v) is 11.6. The highest BCUT2D eigenvalue weighted by molar-refractivity contribution is 7.16. The predicted octanol–water partition coefficient (Wildman–Crippen LogP) is 5.24. The van der Waals surface area contributed by atoms with E-state index in [0.29, 0.717) is 26.8 Å². The Morgan fingerprint density at radius 1 is 1.18 bits per heavy atom. The minimum atomic E-state index is -0.527. The van der Waals surface area contributed by atoms with Gasteiger partial charge in [0.05, 0.1) is 21.8 Å². The Morgan fingerprint density at radius 2 is 1.91 bits per heavy atom. The summed E-state index contributed by atoms with van der Waals surface area (Å²) in [5.41, 5.74) is 4.15. The van der Waals surface area contributed by atoms with Crippen LogP contribution in [0, 0.1) is 20.8 Å². The second-order valence-electron chi connectivity index (χ2n) is 7.54. The molecule has 4 aromatic rings. The van der Waals surface area contributed by atoms with Crippen molar-refractivity contribution in [2.24, 2.45) is 4.99 Å². The molecule has 0 saturated heterocycles. The van der Waals surface area contributed by atoms with Gasteiger partial charge in [-0.2, -0.15) is 4.99 Å². The maximum atomic E-state index is 13.3. The number of esters is 1. The van der Waals surface area contributed by atoms with Crippen LogP contribution in [-0.2, 0) is 16.1 Å². The van der Waals surface area contributed by atoms with E-state index in [1.165, 1.54) is 11.3 Å². The molecule has 0 radical (unpaired) electrons. The van der Waals surface area contributed by atoms with Crippen molar-refractivity contribution in [3.05, 3.63) is 68.7 Å². The minimum Gasteiger partial charge on any atom is -0.465 e. The zero-order valence-corrected chi connectivity index (χ0v) is 20.2. The fraction of sp³-hybridized carbons (Fsp3) is 0.250.